The van der Waals surface area contributed by atoms with Crippen LogP contribution in [0.4, 0.5) is 10.1 Å². The molecule has 0 unspecified atom stereocenters. The standard InChI is InChI=1S/C26H36FN3O4S/c1-6-23(26(32)28-19(2)3)29(18-21-15-13-20(4)14-16-21)25(31)12-9-17-30(35(5,33)34)24-11-8-7-10-22(24)27/h7-8,10-11,13-16,19,23H,6,9,12,17-18H2,1-5H3,(H,28,32)/t23-/m1/s1. The molecule has 0 heterocycles. The number of hydrogen-bond donors (Lipinski definition) is 1. The molecule has 192 valence electrons. The molecular formula is C26H36FN3O4S. The highest BCUT2D eigenvalue weighted by Gasteiger charge is 2.29. The highest BCUT2D eigenvalue weighted by Crippen LogP contribution is 2.22. The van der Waals surface area contributed by atoms with Crippen molar-refractivity contribution in [2.75, 3.05) is 17.1 Å². The molecule has 0 aromatic heterocycles. The van der Waals surface area contributed by atoms with Crippen LogP contribution in [0.25, 0.3) is 0 Å². The average molecular weight is 506 g/mol. The van der Waals surface area contributed by atoms with E-state index in [-0.39, 0.29) is 49.5 Å². The van der Waals surface area contributed by atoms with Gasteiger partial charge in [0, 0.05) is 25.6 Å². The highest BCUT2D eigenvalue weighted by molar-refractivity contribution is 7.92. The Balaban J connectivity index is 2.22. The largest absolute Gasteiger partial charge is 0.352 e. The van der Waals surface area contributed by atoms with Gasteiger partial charge in [-0.2, -0.15) is 0 Å². The van der Waals surface area contributed by atoms with E-state index in [0.717, 1.165) is 21.7 Å². The third-order valence-corrected chi connectivity index (χ3v) is 6.74. The van der Waals surface area contributed by atoms with Crippen molar-refractivity contribution in [1.82, 2.24) is 10.2 Å². The second-order valence-electron chi connectivity index (χ2n) is 8.98. The van der Waals surface area contributed by atoms with Gasteiger partial charge in [-0.25, -0.2) is 12.8 Å². The van der Waals surface area contributed by atoms with Gasteiger partial charge in [0.05, 0.1) is 11.9 Å². The first-order chi connectivity index (χ1) is 16.4. The minimum absolute atomic E-state index is 0.0117. The third kappa shape index (κ3) is 8.35. The first-order valence-electron chi connectivity index (χ1n) is 11.8. The van der Waals surface area contributed by atoms with Gasteiger partial charge in [-0.05, 0) is 51.3 Å². The van der Waals surface area contributed by atoms with Gasteiger partial charge >= 0.3 is 0 Å². The Bertz CT molecular complexity index is 1100. The number of hydrogen-bond acceptors (Lipinski definition) is 4. The molecule has 9 heteroatoms. The zero-order valence-corrected chi connectivity index (χ0v) is 21.9. The number of para-hydroxylation sites is 1. The SMILES string of the molecule is CC[C@H](C(=O)NC(C)C)N(Cc1ccc(C)cc1)C(=O)CCCN(c1ccccc1F)S(C)(=O)=O. The lowest BCUT2D eigenvalue weighted by Gasteiger charge is -2.31. The van der Waals surface area contributed by atoms with Crippen LogP contribution in [0.3, 0.4) is 0 Å². The molecule has 0 aliphatic rings. The van der Waals surface area contributed by atoms with Crippen molar-refractivity contribution in [3.05, 3.63) is 65.5 Å². The molecule has 0 saturated carbocycles. The fraction of sp³-hybridized carbons (Fsp3) is 0.462. The molecule has 2 aromatic rings. The van der Waals surface area contributed by atoms with E-state index in [1.165, 1.54) is 18.2 Å². The first-order valence-corrected chi connectivity index (χ1v) is 13.7. The Kier molecular flexibility index (Phi) is 10.2. The van der Waals surface area contributed by atoms with Gasteiger partial charge in [0.25, 0.3) is 0 Å². The molecule has 0 aliphatic heterocycles. The van der Waals surface area contributed by atoms with Crippen molar-refractivity contribution in [3.63, 3.8) is 0 Å². The lowest BCUT2D eigenvalue weighted by Crippen LogP contribution is -2.50. The number of rotatable bonds is 12. The minimum atomic E-state index is -3.75. The predicted octanol–water partition coefficient (Wildman–Crippen LogP) is 4.01. The van der Waals surface area contributed by atoms with Crippen molar-refractivity contribution in [2.45, 2.75) is 65.6 Å². The number of anilines is 1. The summed E-state index contributed by atoms with van der Waals surface area (Å²) in [6, 6.07) is 12.6. The van der Waals surface area contributed by atoms with E-state index in [0.29, 0.717) is 6.42 Å². The quantitative estimate of drug-likeness (QED) is 0.472. The Hall–Kier alpha value is -2.94. The van der Waals surface area contributed by atoms with Crippen LogP contribution < -0.4 is 9.62 Å². The summed E-state index contributed by atoms with van der Waals surface area (Å²) < 4.78 is 39.9. The second kappa shape index (κ2) is 12.7. The van der Waals surface area contributed by atoms with Crippen LogP contribution in [0, 0.1) is 12.7 Å². The highest BCUT2D eigenvalue weighted by atomic mass is 32.2. The van der Waals surface area contributed by atoms with E-state index < -0.39 is 21.9 Å². The monoisotopic (exact) mass is 505 g/mol. The van der Waals surface area contributed by atoms with Gasteiger partial charge in [-0.15, -0.1) is 0 Å². The number of benzene rings is 2. The molecule has 0 fully saturated rings. The fourth-order valence-electron chi connectivity index (χ4n) is 3.83. The Morgan fingerprint density at radius 1 is 1.06 bits per heavy atom. The predicted molar refractivity (Wildman–Crippen MR) is 137 cm³/mol. The number of nitrogens with zero attached hydrogens (tertiary/aromatic N) is 2. The molecule has 0 bridgehead atoms. The number of carbonyl (C=O) groups excluding carboxylic acids is 2. The molecule has 0 saturated heterocycles. The zero-order valence-electron chi connectivity index (χ0n) is 21.1. The molecule has 7 nitrogen and oxygen atoms in total. The molecule has 35 heavy (non-hydrogen) atoms. The maximum absolute atomic E-state index is 14.3. The number of nitrogens with one attached hydrogen (secondary N) is 1. The number of aryl methyl sites for hydroxylation is 1. The second-order valence-corrected chi connectivity index (χ2v) is 10.9. The molecule has 1 atom stereocenters. The summed E-state index contributed by atoms with van der Waals surface area (Å²) in [7, 11) is -3.75. The van der Waals surface area contributed by atoms with Crippen LogP contribution in [0.5, 0.6) is 0 Å². The van der Waals surface area contributed by atoms with E-state index in [4.69, 9.17) is 0 Å². The number of carbonyl (C=O) groups is 2. The normalized spacial score (nSPS) is 12.3. The smallest absolute Gasteiger partial charge is 0.243 e. The Morgan fingerprint density at radius 3 is 2.23 bits per heavy atom. The van der Waals surface area contributed by atoms with Crippen LogP contribution in [0.2, 0.25) is 0 Å². The lowest BCUT2D eigenvalue weighted by molar-refractivity contribution is -0.141. The van der Waals surface area contributed by atoms with Crippen LogP contribution in [-0.2, 0) is 26.2 Å². The van der Waals surface area contributed by atoms with E-state index in [1.54, 1.807) is 11.0 Å². The van der Waals surface area contributed by atoms with Gasteiger partial charge in [0.2, 0.25) is 21.8 Å². The fourth-order valence-corrected chi connectivity index (χ4v) is 4.79. The Morgan fingerprint density at radius 2 is 1.69 bits per heavy atom. The van der Waals surface area contributed by atoms with Gasteiger partial charge in [0.15, 0.2) is 0 Å². The van der Waals surface area contributed by atoms with Crippen LogP contribution in [0.15, 0.2) is 48.5 Å². The zero-order chi connectivity index (χ0) is 26.2. The summed E-state index contributed by atoms with van der Waals surface area (Å²) in [6.07, 6.45) is 1.62. The van der Waals surface area contributed by atoms with Crippen molar-refractivity contribution in [1.29, 1.82) is 0 Å². The van der Waals surface area contributed by atoms with Gasteiger partial charge in [0.1, 0.15) is 11.9 Å². The van der Waals surface area contributed by atoms with Crippen molar-refractivity contribution in [2.24, 2.45) is 0 Å². The average Bonchev–Trinajstić information content (AvgIpc) is 2.77. The van der Waals surface area contributed by atoms with E-state index in [2.05, 4.69) is 5.32 Å². The summed E-state index contributed by atoms with van der Waals surface area (Å²) >= 11 is 0. The van der Waals surface area contributed by atoms with Gasteiger partial charge < -0.3 is 10.2 Å². The van der Waals surface area contributed by atoms with Crippen LogP contribution >= 0.6 is 0 Å². The molecule has 0 spiro atoms. The molecular weight excluding hydrogens is 469 g/mol. The molecule has 0 aliphatic carbocycles. The molecule has 2 aromatic carbocycles. The molecule has 2 amide bonds. The van der Waals surface area contributed by atoms with Gasteiger partial charge in [-0.3, -0.25) is 13.9 Å². The summed E-state index contributed by atoms with van der Waals surface area (Å²) in [6.45, 7) is 7.74. The summed E-state index contributed by atoms with van der Waals surface area (Å²) in [5.74, 6) is -1.15. The van der Waals surface area contributed by atoms with Crippen molar-refractivity contribution in [3.8, 4) is 0 Å². The lowest BCUT2D eigenvalue weighted by atomic mass is 10.1. The van der Waals surface area contributed by atoms with E-state index >= 15 is 0 Å². The number of sulfonamides is 1. The topological polar surface area (TPSA) is 86.8 Å². The molecule has 0 radical (unpaired) electrons. The maximum atomic E-state index is 14.3. The summed E-state index contributed by atoms with van der Waals surface area (Å²) in [5, 5.41) is 2.88. The Labute approximate surface area is 208 Å². The summed E-state index contributed by atoms with van der Waals surface area (Å²) in [5.41, 5.74) is 1.93. The number of amides is 2. The van der Waals surface area contributed by atoms with Crippen molar-refractivity contribution >= 4 is 27.5 Å². The molecule has 1 N–H and O–H groups in total. The minimum Gasteiger partial charge on any atom is -0.352 e. The molecule has 2 rings (SSSR count). The summed E-state index contributed by atoms with van der Waals surface area (Å²) in [4.78, 5) is 27.8. The van der Waals surface area contributed by atoms with Gasteiger partial charge in [-0.1, -0.05) is 48.9 Å². The van der Waals surface area contributed by atoms with E-state index in [1.807, 2.05) is 52.0 Å². The van der Waals surface area contributed by atoms with Crippen LogP contribution in [-0.4, -0.2) is 50.0 Å². The van der Waals surface area contributed by atoms with Crippen LogP contribution in [0.1, 0.15) is 51.2 Å². The van der Waals surface area contributed by atoms with Crippen molar-refractivity contribution < 1.29 is 22.4 Å². The van der Waals surface area contributed by atoms with E-state index in [9.17, 15) is 22.4 Å². The first kappa shape index (κ1) is 28.3. The maximum Gasteiger partial charge on any atom is 0.243 e. The third-order valence-electron chi connectivity index (χ3n) is 5.56. The number of halogens is 1.